The highest BCUT2D eigenvalue weighted by Gasteiger charge is 2.32. The Hall–Kier alpha value is -1.18. The number of hydrogen-bond acceptors (Lipinski definition) is 2. The number of benzene rings is 1. The molecule has 2 atom stereocenters. The molecule has 2 nitrogen and oxygen atoms in total. The van der Waals surface area contributed by atoms with Crippen molar-refractivity contribution in [1.82, 2.24) is 0 Å². The van der Waals surface area contributed by atoms with Gasteiger partial charge >= 0.3 is 0 Å². The maximum Gasteiger partial charge on any atom is 0.121 e. The van der Waals surface area contributed by atoms with Crippen molar-refractivity contribution in [2.24, 2.45) is 11.8 Å². The van der Waals surface area contributed by atoms with Gasteiger partial charge in [-0.05, 0) is 30.4 Å². The maximum atomic E-state index is 5.63. The molecule has 0 heterocycles. The average Bonchev–Trinajstić information content (AvgIpc) is 2.79. The maximum absolute atomic E-state index is 5.63. The largest absolute Gasteiger partial charge is 0.493 e. The molecule has 1 aliphatic carbocycles. The van der Waals surface area contributed by atoms with Gasteiger partial charge in [0.1, 0.15) is 5.75 Å². The summed E-state index contributed by atoms with van der Waals surface area (Å²) < 4.78 is 5.60. The van der Waals surface area contributed by atoms with Crippen LogP contribution in [-0.4, -0.2) is 6.61 Å². The van der Waals surface area contributed by atoms with Crippen LogP contribution in [0.15, 0.2) is 24.3 Å². The van der Waals surface area contributed by atoms with Crippen LogP contribution >= 0.6 is 0 Å². The van der Waals surface area contributed by atoms with Crippen molar-refractivity contribution in [2.75, 3.05) is 12.3 Å². The van der Waals surface area contributed by atoms with E-state index >= 15 is 0 Å². The van der Waals surface area contributed by atoms with Crippen molar-refractivity contribution >= 4 is 5.69 Å². The monoisotopic (exact) mass is 177 g/mol. The summed E-state index contributed by atoms with van der Waals surface area (Å²) in [7, 11) is 0. The molecular weight excluding hydrogens is 162 g/mol. The normalized spacial score (nSPS) is 25.6. The smallest absolute Gasteiger partial charge is 0.121 e. The minimum Gasteiger partial charge on any atom is -0.493 e. The summed E-state index contributed by atoms with van der Waals surface area (Å²) in [5.41, 5.74) is 6.39. The molecule has 2 rings (SSSR count). The van der Waals surface area contributed by atoms with Crippen molar-refractivity contribution in [1.29, 1.82) is 0 Å². The van der Waals surface area contributed by atoms with Crippen molar-refractivity contribution in [3.63, 3.8) is 0 Å². The number of anilines is 1. The zero-order valence-corrected chi connectivity index (χ0v) is 7.86. The predicted octanol–water partition coefficient (Wildman–Crippen LogP) is 2.30. The molecule has 0 saturated heterocycles. The topological polar surface area (TPSA) is 35.2 Å². The van der Waals surface area contributed by atoms with Gasteiger partial charge in [-0.15, -0.1) is 0 Å². The standard InChI is InChI=1S/C11H15NO/c1-8-5-9(8)7-13-11-4-2-3-10(12)6-11/h2-4,6,8-9H,5,7,12H2,1H3. The summed E-state index contributed by atoms with van der Waals surface area (Å²) in [6, 6.07) is 7.60. The molecule has 1 saturated carbocycles. The van der Waals surface area contributed by atoms with Gasteiger partial charge in [0, 0.05) is 11.8 Å². The number of ether oxygens (including phenoxy) is 1. The Morgan fingerprint density at radius 3 is 2.92 bits per heavy atom. The van der Waals surface area contributed by atoms with E-state index in [2.05, 4.69) is 6.92 Å². The van der Waals surface area contributed by atoms with Crippen LogP contribution in [0, 0.1) is 11.8 Å². The molecule has 1 aromatic carbocycles. The van der Waals surface area contributed by atoms with E-state index in [0.29, 0.717) is 0 Å². The highest BCUT2D eigenvalue weighted by molar-refractivity contribution is 5.43. The Morgan fingerprint density at radius 1 is 1.54 bits per heavy atom. The third-order valence-electron chi connectivity index (χ3n) is 2.60. The predicted molar refractivity (Wildman–Crippen MR) is 53.6 cm³/mol. The summed E-state index contributed by atoms with van der Waals surface area (Å²) in [6.45, 7) is 3.10. The van der Waals surface area contributed by atoms with E-state index < -0.39 is 0 Å². The first kappa shape index (κ1) is 8.42. The van der Waals surface area contributed by atoms with Crippen molar-refractivity contribution in [2.45, 2.75) is 13.3 Å². The average molecular weight is 177 g/mol. The summed E-state index contributed by atoms with van der Waals surface area (Å²) in [4.78, 5) is 0. The first-order valence-electron chi connectivity index (χ1n) is 4.74. The van der Waals surface area contributed by atoms with Gasteiger partial charge in [-0.25, -0.2) is 0 Å². The first-order chi connectivity index (χ1) is 6.25. The highest BCUT2D eigenvalue weighted by Crippen LogP contribution is 2.37. The highest BCUT2D eigenvalue weighted by atomic mass is 16.5. The zero-order chi connectivity index (χ0) is 9.26. The van der Waals surface area contributed by atoms with E-state index in [-0.39, 0.29) is 0 Å². The molecule has 2 unspecified atom stereocenters. The fraction of sp³-hybridized carbons (Fsp3) is 0.455. The molecule has 2 N–H and O–H groups in total. The molecule has 0 bridgehead atoms. The van der Waals surface area contributed by atoms with E-state index in [4.69, 9.17) is 10.5 Å². The Morgan fingerprint density at radius 2 is 2.31 bits per heavy atom. The number of hydrogen-bond donors (Lipinski definition) is 1. The molecular formula is C11H15NO. The Kier molecular flexibility index (Phi) is 2.13. The fourth-order valence-corrected chi connectivity index (χ4v) is 1.44. The van der Waals surface area contributed by atoms with Crippen LogP contribution < -0.4 is 10.5 Å². The van der Waals surface area contributed by atoms with Crippen LogP contribution in [-0.2, 0) is 0 Å². The quantitative estimate of drug-likeness (QED) is 0.719. The molecule has 0 amide bonds. The lowest BCUT2D eigenvalue weighted by Gasteiger charge is -2.05. The van der Waals surface area contributed by atoms with Crippen molar-refractivity contribution in [3.05, 3.63) is 24.3 Å². The molecule has 1 aromatic rings. The first-order valence-corrected chi connectivity index (χ1v) is 4.74. The summed E-state index contributed by atoms with van der Waals surface area (Å²) in [5.74, 6) is 2.50. The number of nitrogen functional groups attached to an aromatic ring is 1. The minimum atomic E-state index is 0.765. The molecule has 1 fully saturated rings. The van der Waals surface area contributed by atoms with Gasteiger partial charge < -0.3 is 10.5 Å². The molecule has 0 spiro atoms. The third-order valence-corrected chi connectivity index (χ3v) is 2.60. The van der Waals surface area contributed by atoms with Gasteiger partial charge in [0.05, 0.1) is 6.61 Å². The lowest BCUT2D eigenvalue weighted by molar-refractivity contribution is 0.293. The zero-order valence-electron chi connectivity index (χ0n) is 7.86. The second-order valence-corrected chi connectivity index (χ2v) is 3.86. The summed E-state index contributed by atoms with van der Waals surface area (Å²) >= 11 is 0. The Bertz CT molecular complexity index is 298. The molecule has 1 aliphatic rings. The molecule has 70 valence electrons. The van der Waals surface area contributed by atoms with E-state index in [0.717, 1.165) is 29.9 Å². The van der Waals surface area contributed by atoms with Gasteiger partial charge in [-0.3, -0.25) is 0 Å². The van der Waals surface area contributed by atoms with Crippen LogP contribution in [0.25, 0.3) is 0 Å². The van der Waals surface area contributed by atoms with Crippen molar-refractivity contribution < 1.29 is 4.74 Å². The summed E-state index contributed by atoms with van der Waals surface area (Å²) in [5, 5.41) is 0. The molecule has 0 aromatic heterocycles. The second-order valence-electron chi connectivity index (χ2n) is 3.86. The number of rotatable bonds is 3. The third kappa shape index (κ3) is 2.14. The van der Waals surface area contributed by atoms with Gasteiger partial charge in [0.25, 0.3) is 0 Å². The van der Waals surface area contributed by atoms with Crippen LogP contribution in [0.3, 0.4) is 0 Å². The van der Waals surface area contributed by atoms with Crippen LogP contribution in [0.1, 0.15) is 13.3 Å². The van der Waals surface area contributed by atoms with Gasteiger partial charge in [0.2, 0.25) is 0 Å². The summed E-state index contributed by atoms with van der Waals surface area (Å²) in [6.07, 6.45) is 1.31. The fourth-order valence-electron chi connectivity index (χ4n) is 1.44. The molecule has 0 aliphatic heterocycles. The van der Waals surface area contributed by atoms with Crippen LogP contribution in [0.2, 0.25) is 0 Å². The van der Waals surface area contributed by atoms with E-state index in [1.807, 2.05) is 24.3 Å². The minimum absolute atomic E-state index is 0.765. The van der Waals surface area contributed by atoms with Gasteiger partial charge in [-0.1, -0.05) is 13.0 Å². The van der Waals surface area contributed by atoms with E-state index in [9.17, 15) is 0 Å². The Balaban J connectivity index is 1.87. The number of nitrogens with two attached hydrogens (primary N) is 1. The lowest BCUT2D eigenvalue weighted by Crippen LogP contribution is -2.00. The van der Waals surface area contributed by atoms with Gasteiger partial charge in [0.15, 0.2) is 0 Å². The van der Waals surface area contributed by atoms with E-state index in [1.54, 1.807) is 0 Å². The van der Waals surface area contributed by atoms with Crippen LogP contribution in [0.5, 0.6) is 5.75 Å². The van der Waals surface area contributed by atoms with Crippen molar-refractivity contribution in [3.8, 4) is 5.75 Å². The molecule has 2 heteroatoms. The van der Waals surface area contributed by atoms with E-state index in [1.165, 1.54) is 6.42 Å². The van der Waals surface area contributed by atoms with Gasteiger partial charge in [-0.2, -0.15) is 0 Å². The molecule has 0 radical (unpaired) electrons. The SMILES string of the molecule is CC1CC1COc1cccc(N)c1. The molecule has 13 heavy (non-hydrogen) atoms. The second kappa shape index (κ2) is 3.29. The Labute approximate surface area is 78.7 Å². The van der Waals surface area contributed by atoms with Crippen LogP contribution in [0.4, 0.5) is 5.69 Å². The lowest BCUT2D eigenvalue weighted by atomic mass is 10.3.